The van der Waals surface area contributed by atoms with Gasteiger partial charge in [0.15, 0.2) is 5.69 Å². The fourth-order valence-corrected chi connectivity index (χ4v) is 2.03. The third kappa shape index (κ3) is 2.51. The smallest absolute Gasteiger partial charge is 0.358 e. The van der Waals surface area contributed by atoms with E-state index in [0.29, 0.717) is 6.54 Å². The molecular weight excluding hydrogens is 230 g/mol. The first kappa shape index (κ1) is 12.2. The molecule has 0 atom stereocenters. The van der Waals surface area contributed by atoms with E-state index in [4.69, 9.17) is 10.8 Å². The monoisotopic (exact) mass is 245 g/mol. The molecule has 0 aliphatic carbocycles. The number of hydrogen-bond acceptors (Lipinski definition) is 3. The van der Waals surface area contributed by atoms with E-state index in [2.05, 4.69) is 11.2 Å². The maximum absolute atomic E-state index is 10.8. The van der Waals surface area contributed by atoms with Gasteiger partial charge in [-0.05, 0) is 19.4 Å². The average Bonchev–Trinajstić information content (AvgIpc) is 2.57. The minimum absolute atomic E-state index is 0.0978. The molecule has 0 saturated heterocycles. The van der Waals surface area contributed by atoms with Crippen molar-refractivity contribution in [2.75, 3.05) is 5.73 Å². The summed E-state index contributed by atoms with van der Waals surface area (Å²) in [5.74, 6) is -1.10. The third-order valence-corrected chi connectivity index (χ3v) is 2.62. The van der Waals surface area contributed by atoms with E-state index < -0.39 is 5.97 Å². The van der Waals surface area contributed by atoms with Crippen LogP contribution >= 0.6 is 0 Å². The molecule has 3 N–H and O–H groups in total. The van der Waals surface area contributed by atoms with Crippen LogP contribution in [0.5, 0.6) is 0 Å². The number of nitrogens with zero attached hydrogens (tertiary/aromatic N) is 2. The molecule has 0 radical (unpaired) electrons. The minimum Gasteiger partial charge on any atom is -0.476 e. The molecule has 0 saturated carbocycles. The largest absolute Gasteiger partial charge is 0.476 e. The first-order valence-corrected chi connectivity index (χ1v) is 5.59. The molecule has 94 valence electrons. The van der Waals surface area contributed by atoms with Gasteiger partial charge in [0.1, 0.15) is 0 Å². The number of nitrogens with two attached hydrogens (primary N) is 1. The lowest BCUT2D eigenvalue weighted by atomic mass is 10.1. The van der Waals surface area contributed by atoms with Crippen LogP contribution in [0.1, 0.15) is 27.2 Å². The van der Waals surface area contributed by atoms with Crippen LogP contribution in [0.15, 0.2) is 24.4 Å². The van der Waals surface area contributed by atoms with E-state index in [1.165, 1.54) is 11.1 Å². The number of carbonyl (C=O) groups is 1. The van der Waals surface area contributed by atoms with Crippen molar-refractivity contribution in [3.63, 3.8) is 0 Å². The van der Waals surface area contributed by atoms with Gasteiger partial charge in [-0.15, -0.1) is 0 Å². The lowest BCUT2D eigenvalue weighted by Crippen LogP contribution is -2.04. The summed E-state index contributed by atoms with van der Waals surface area (Å²) >= 11 is 0. The molecule has 18 heavy (non-hydrogen) atoms. The number of rotatable bonds is 3. The van der Waals surface area contributed by atoms with Crippen molar-refractivity contribution in [1.29, 1.82) is 0 Å². The van der Waals surface area contributed by atoms with Gasteiger partial charge in [0, 0.05) is 6.20 Å². The molecule has 0 unspecified atom stereocenters. The lowest BCUT2D eigenvalue weighted by Gasteiger charge is -2.05. The fourth-order valence-electron chi connectivity index (χ4n) is 2.03. The molecule has 1 aromatic heterocycles. The van der Waals surface area contributed by atoms with E-state index in [-0.39, 0.29) is 11.4 Å². The van der Waals surface area contributed by atoms with Gasteiger partial charge in [-0.3, -0.25) is 4.68 Å². The van der Waals surface area contributed by atoms with Crippen LogP contribution in [0.4, 0.5) is 5.69 Å². The second-order valence-corrected chi connectivity index (χ2v) is 4.43. The molecule has 0 aliphatic heterocycles. The summed E-state index contributed by atoms with van der Waals surface area (Å²) in [7, 11) is 0. The first-order chi connectivity index (χ1) is 8.45. The minimum atomic E-state index is -1.10. The van der Waals surface area contributed by atoms with E-state index in [1.807, 2.05) is 26.0 Å². The van der Waals surface area contributed by atoms with Crippen LogP contribution in [-0.2, 0) is 6.54 Å². The van der Waals surface area contributed by atoms with Crippen LogP contribution in [-0.4, -0.2) is 20.9 Å². The Labute approximate surface area is 105 Å². The second-order valence-electron chi connectivity index (χ2n) is 4.43. The molecule has 5 heteroatoms. The number of carboxylic acid groups (broad SMARTS) is 1. The van der Waals surface area contributed by atoms with E-state index in [0.717, 1.165) is 5.56 Å². The Hall–Kier alpha value is -2.30. The number of nitrogen functional groups attached to an aromatic ring is 1. The predicted molar refractivity (Wildman–Crippen MR) is 68.6 cm³/mol. The van der Waals surface area contributed by atoms with Crippen molar-refractivity contribution in [1.82, 2.24) is 9.78 Å². The predicted octanol–water partition coefficient (Wildman–Crippen LogP) is 1.83. The molecule has 1 heterocycles. The molecule has 2 aromatic rings. The average molecular weight is 245 g/mol. The number of hydrogen-bond donors (Lipinski definition) is 2. The topological polar surface area (TPSA) is 81.1 Å². The Morgan fingerprint density at radius 1 is 1.33 bits per heavy atom. The number of aromatic carboxylic acids is 1. The zero-order valence-corrected chi connectivity index (χ0v) is 10.3. The third-order valence-electron chi connectivity index (χ3n) is 2.62. The molecule has 0 bridgehead atoms. The lowest BCUT2D eigenvalue weighted by molar-refractivity contribution is 0.0690. The van der Waals surface area contributed by atoms with Crippen molar-refractivity contribution < 1.29 is 9.90 Å². The van der Waals surface area contributed by atoms with Crippen LogP contribution < -0.4 is 5.73 Å². The summed E-state index contributed by atoms with van der Waals surface area (Å²) in [6.07, 6.45) is 1.54. The van der Waals surface area contributed by atoms with Gasteiger partial charge in [-0.25, -0.2) is 4.79 Å². The Morgan fingerprint density at radius 2 is 1.94 bits per heavy atom. The zero-order valence-electron chi connectivity index (χ0n) is 10.3. The summed E-state index contributed by atoms with van der Waals surface area (Å²) in [5.41, 5.74) is 9.10. The van der Waals surface area contributed by atoms with Crippen molar-refractivity contribution in [3.05, 3.63) is 46.8 Å². The molecule has 0 fully saturated rings. The summed E-state index contributed by atoms with van der Waals surface area (Å²) in [4.78, 5) is 10.8. The molecule has 2 rings (SSSR count). The van der Waals surface area contributed by atoms with Crippen molar-refractivity contribution >= 4 is 11.7 Å². The van der Waals surface area contributed by atoms with Crippen molar-refractivity contribution in [2.45, 2.75) is 20.4 Å². The maximum Gasteiger partial charge on any atom is 0.358 e. The zero-order chi connectivity index (χ0) is 13.3. The summed E-state index contributed by atoms with van der Waals surface area (Å²) in [5, 5.41) is 12.8. The highest BCUT2D eigenvalue weighted by atomic mass is 16.4. The van der Waals surface area contributed by atoms with Gasteiger partial charge in [0.2, 0.25) is 0 Å². The van der Waals surface area contributed by atoms with Crippen LogP contribution in [0, 0.1) is 13.8 Å². The number of anilines is 1. The normalized spacial score (nSPS) is 10.6. The Morgan fingerprint density at radius 3 is 2.44 bits per heavy atom. The highest BCUT2D eigenvalue weighted by Gasteiger charge is 2.13. The van der Waals surface area contributed by atoms with Crippen LogP contribution in [0.3, 0.4) is 0 Å². The van der Waals surface area contributed by atoms with E-state index in [1.54, 1.807) is 10.9 Å². The summed E-state index contributed by atoms with van der Waals surface area (Å²) < 4.78 is 1.55. The molecule has 0 aliphatic rings. The molecular formula is C13H15N3O2. The fraction of sp³-hybridized carbons (Fsp3) is 0.231. The summed E-state index contributed by atoms with van der Waals surface area (Å²) in [6.45, 7) is 4.56. The molecule has 5 nitrogen and oxygen atoms in total. The summed E-state index contributed by atoms with van der Waals surface area (Å²) in [6, 6.07) is 6.18. The van der Waals surface area contributed by atoms with Crippen molar-refractivity contribution in [2.24, 2.45) is 0 Å². The quantitative estimate of drug-likeness (QED) is 0.864. The molecule has 1 aromatic carbocycles. The Kier molecular flexibility index (Phi) is 3.06. The first-order valence-electron chi connectivity index (χ1n) is 5.59. The van der Waals surface area contributed by atoms with Gasteiger partial charge >= 0.3 is 5.97 Å². The highest BCUT2D eigenvalue weighted by Crippen LogP contribution is 2.13. The van der Waals surface area contributed by atoms with Gasteiger partial charge < -0.3 is 10.8 Å². The second kappa shape index (κ2) is 4.52. The van der Waals surface area contributed by atoms with Gasteiger partial charge in [0.05, 0.1) is 12.2 Å². The standard InChI is InChI=1S/C13H15N3O2/c1-8-3-9(2)5-10(4-8)6-16-7-11(14)12(15-16)13(17)18/h3-5,7H,6,14H2,1-2H3,(H,17,18). The van der Waals surface area contributed by atoms with Crippen molar-refractivity contribution in [3.8, 4) is 0 Å². The van der Waals surface area contributed by atoms with Gasteiger partial charge in [0.25, 0.3) is 0 Å². The number of benzene rings is 1. The Balaban J connectivity index is 2.28. The van der Waals surface area contributed by atoms with Gasteiger partial charge in [-0.1, -0.05) is 29.3 Å². The molecule has 0 spiro atoms. The molecule has 0 amide bonds. The number of aromatic nitrogens is 2. The SMILES string of the molecule is Cc1cc(C)cc(Cn2cc(N)c(C(=O)O)n2)c1. The van der Waals surface area contributed by atoms with Crippen LogP contribution in [0.2, 0.25) is 0 Å². The highest BCUT2D eigenvalue weighted by molar-refractivity contribution is 5.91. The van der Waals surface area contributed by atoms with E-state index >= 15 is 0 Å². The van der Waals surface area contributed by atoms with Crippen LogP contribution in [0.25, 0.3) is 0 Å². The van der Waals surface area contributed by atoms with E-state index in [9.17, 15) is 4.79 Å². The number of aryl methyl sites for hydroxylation is 2. The number of carboxylic acids is 1. The van der Waals surface area contributed by atoms with Gasteiger partial charge in [-0.2, -0.15) is 5.10 Å². The maximum atomic E-state index is 10.8. The Bertz CT molecular complexity index is 582.